The van der Waals surface area contributed by atoms with Crippen molar-refractivity contribution in [1.29, 1.82) is 0 Å². The number of imidazole rings is 1. The van der Waals surface area contributed by atoms with Gasteiger partial charge in [-0.15, -0.1) is 10.3 Å². The molecule has 2 N–H and O–H groups in total. The molecular formula is C23H29N7O3S. The predicted molar refractivity (Wildman–Crippen MR) is 136 cm³/mol. The monoisotopic (exact) mass is 483 g/mol. The lowest BCUT2D eigenvalue weighted by atomic mass is 10.1. The first-order chi connectivity index (χ1) is 16.3. The van der Waals surface area contributed by atoms with Crippen LogP contribution in [0.25, 0.3) is 22.1 Å². The molecule has 0 bridgehead atoms. The van der Waals surface area contributed by atoms with Crippen LogP contribution in [0, 0.1) is 6.92 Å². The van der Waals surface area contributed by atoms with E-state index in [2.05, 4.69) is 20.3 Å². The van der Waals surface area contributed by atoms with Gasteiger partial charge in [0.2, 0.25) is 11.8 Å². The zero-order chi connectivity index (χ0) is 24.0. The van der Waals surface area contributed by atoms with Crippen LogP contribution in [0.1, 0.15) is 30.9 Å². The molecule has 34 heavy (non-hydrogen) atoms. The van der Waals surface area contributed by atoms with Gasteiger partial charge in [0.15, 0.2) is 5.65 Å². The zero-order valence-corrected chi connectivity index (χ0v) is 20.6. The van der Waals surface area contributed by atoms with E-state index in [1.165, 1.54) is 6.33 Å². The number of aryl methyl sites for hydroxylation is 2. The van der Waals surface area contributed by atoms with Crippen LogP contribution in [-0.2, 0) is 7.05 Å². The predicted octanol–water partition coefficient (Wildman–Crippen LogP) is 3.77. The zero-order valence-electron chi connectivity index (χ0n) is 19.8. The van der Waals surface area contributed by atoms with Gasteiger partial charge in [-0.25, -0.2) is 19.7 Å². The summed E-state index contributed by atoms with van der Waals surface area (Å²) in [5, 5.41) is 4.12. The van der Waals surface area contributed by atoms with E-state index in [4.69, 9.17) is 9.72 Å². The Bertz CT molecular complexity index is 1450. The summed E-state index contributed by atoms with van der Waals surface area (Å²) in [5.74, 6) is 2.48. The van der Waals surface area contributed by atoms with Crippen LogP contribution in [0.15, 0.2) is 29.5 Å². The van der Waals surface area contributed by atoms with Crippen LogP contribution in [-0.4, -0.2) is 58.5 Å². The largest absolute Gasteiger partial charge is 0.480 e. The van der Waals surface area contributed by atoms with Gasteiger partial charge < -0.3 is 14.6 Å². The van der Waals surface area contributed by atoms with Crippen molar-refractivity contribution in [3.8, 4) is 5.88 Å². The summed E-state index contributed by atoms with van der Waals surface area (Å²) in [6, 6.07) is 3.89. The third kappa shape index (κ3) is 3.98. The molecule has 2 atom stereocenters. The highest BCUT2D eigenvalue weighted by Crippen LogP contribution is 2.45. The first-order valence-corrected chi connectivity index (χ1v) is 13.6. The molecule has 1 aliphatic rings. The van der Waals surface area contributed by atoms with Crippen molar-refractivity contribution in [1.82, 2.24) is 29.1 Å². The Morgan fingerprint density at radius 1 is 1.21 bits per heavy atom. The summed E-state index contributed by atoms with van der Waals surface area (Å²) >= 11 is 0. The number of benzene rings is 1. The number of anilines is 2. The molecule has 10 nitrogen and oxygen atoms in total. The Hall–Kier alpha value is -3.18. The van der Waals surface area contributed by atoms with Gasteiger partial charge in [0.05, 0.1) is 24.2 Å². The van der Waals surface area contributed by atoms with Crippen LogP contribution in [0.3, 0.4) is 0 Å². The molecular weight excluding hydrogens is 454 g/mol. The highest BCUT2D eigenvalue weighted by molar-refractivity contribution is 8.28. The van der Waals surface area contributed by atoms with E-state index in [9.17, 15) is 9.35 Å². The highest BCUT2D eigenvalue weighted by Gasteiger charge is 2.27. The van der Waals surface area contributed by atoms with Crippen molar-refractivity contribution in [2.75, 3.05) is 30.2 Å². The SMILES string of the molecule is COc1ncnc2cc(Nc3ncc4c(n3)n(C3CCCS(C)(O)CC3)c(=O)n4C)c(C)cc12. The van der Waals surface area contributed by atoms with Crippen molar-refractivity contribution in [3.63, 3.8) is 0 Å². The van der Waals surface area contributed by atoms with E-state index in [1.807, 2.05) is 25.3 Å². The van der Waals surface area contributed by atoms with Crippen LogP contribution in [0.2, 0.25) is 0 Å². The molecule has 4 heterocycles. The molecule has 2 unspecified atom stereocenters. The third-order valence-electron chi connectivity index (χ3n) is 6.59. The normalized spacial score (nSPS) is 22.9. The minimum Gasteiger partial charge on any atom is -0.480 e. The number of ether oxygens (including phenoxy) is 1. The van der Waals surface area contributed by atoms with E-state index in [-0.39, 0.29) is 11.7 Å². The van der Waals surface area contributed by atoms with Gasteiger partial charge in [0.1, 0.15) is 11.8 Å². The first-order valence-electron chi connectivity index (χ1n) is 11.2. The van der Waals surface area contributed by atoms with Gasteiger partial charge in [0.25, 0.3) is 0 Å². The maximum absolute atomic E-state index is 13.1. The average Bonchev–Trinajstić information content (AvgIpc) is 2.93. The van der Waals surface area contributed by atoms with Gasteiger partial charge >= 0.3 is 5.69 Å². The molecule has 5 rings (SSSR count). The van der Waals surface area contributed by atoms with Crippen molar-refractivity contribution >= 4 is 44.0 Å². The number of nitrogens with one attached hydrogen (secondary N) is 1. The van der Waals surface area contributed by atoms with Crippen LogP contribution in [0.4, 0.5) is 11.6 Å². The van der Waals surface area contributed by atoms with E-state index in [0.717, 1.165) is 52.9 Å². The fourth-order valence-electron chi connectivity index (χ4n) is 4.65. The van der Waals surface area contributed by atoms with E-state index in [1.54, 1.807) is 29.5 Å². The number of rotatable bonds is 4. The number of methoxy groups -OCH3 is 1. The number of hydrogen-bond acceptors (Lipinski definition) is 8. The Kier molecular flexibility index (Phi) is 5.68. The number of hydrogen-bond donors (Lipinski definition) is 2. The second-order valence-corrected chi connectivity index (χ2v) is 12.3. The molecule has 1 aromatic carbocycles. The van der Waals surface area contributed by atoms with Gasteiger partial charge in [-0.3, -0.25) is 9.13 Å². The molecule has 0 amide bonds. The Morgan fingerprint density at radius 3 is 2.82 bits per heavy atom. The lowest BCUT2D eigenvalue weighted by Gasteiger charge is -2.27. The summed E-state index contributed by atoms with van der Waals surface area (Å²) in [6.07, 6.45) is 7.62. The molecule has 4 aromatic rings. The average molecular weight is 484 g/mol. The fraction of sp³-hybridized carbons (Fsp3) is 0.435. The first kappa shape index (κ1) is 22.6. The minimum absolute atomic E-state index is 0.00648. The smallest absolute Gasteiger partial charge is 0.330 e. The van der Waals surface area contributed by atoms with Crippen LogP contribution >= 0.6 is 10.3 Å². The minimum atomic E-state index is -1.58. The molecule has 11 heteroatoms. The summed E-state index contributed by atoms with van der Waals surface area (Å²) < 4.78 is 19.3. The Labute approximate surface area is 198 Å². The number of fused-ring (bicyclic) bond motifs is 2. The Balaban J connectivity index is 1.54. The fourth-order valence-corrected chi connectivity index (χ4v) is 6.43. The standard InChI is InChI=1S/C23H29N7O3S/c1-14-10-16-18(25-13-26-21(16)33-3)11-17(14)27-22-24-12-19-20(28-22)30(23(31)29(19)2)15-6-5-8-34(4,32)9-7-15/h10-13,15,32H,5-9H2,1-4H3,(H,24,27,28). The van der Waals surface area contributed by atoms with Crippen molar-refractivity contribution < 1.29 is 9.29 Å². The second-order valence-electron chi connectivity index (χ2n) is 9.02. The molecule has 3 aromatic heterocycles. The summed E-state index contributed by atoms with van der Waals surface area (Å²) in [5.41, 5.74) is 3.70. The van der Waals surface area contributed by atoms with Gasteiger partial charge in [0, 0.05) is 24.5 Å². The maximum atomic E-state index is 13.1. The topological polar surface area (TPSA) is 120 Å². The molecule has 1 aliphatic heterocycles. The van der Waals surface area contributed by atoms with Crippen molar-refractivity contribution in [3.05, 3.63) is 40.7 Å². The number of nitrogens with zero attached hydrogens (tertiary/aromatic N) is 6. The summed E-state index contributed by atoms with van der Waals surface area (Å²) in [7, 11) is 1.75. The van der Waals surface area contributed by atoms with E-state index >= 15 is 0 Å². The molecule has 1 saturated heterocycles. The summed E-state index contributed by atoms with van der Waals surface area (Å²) in [4.78, 5) is 30.9. The van der Waals surface area contributed by atoms with E-state index < -0.39 is 10.3 Å². The maximum Gasteiger partial charge on any atom is 0.330 e. The molecule has 0 saturated carbocycles. The summed E-state index contributed by atoms with van der Waals surface area (Å²) in [6.45, 7) is 1.98. The van der Waals surface area contributed by atoms with Crippen LogP contribution in [0.5, 0.6) is 5.88 Å². The quantitative estimate of drug-likeness (QED) is 0.450. The molecule has 1 fully saturated rings. The van der Waals surface area contributed by atoms with Gasteiger partial charge in [-0.2, -0.15) is 4.98 Å². The molecule has 0 radical (unpaired) electrons. The lowest BCUT2D eigenvalue weighted by molar-refractivity contribution is 0.402. The third-order valence-corrected chi connectivity index (χ3v) is 8.88. The Morgan fingerprint density at radius 2 is 2.03 bits per heavy atom. The van der Waals surface area contributed by atoms with Crippen LogP contribution < -0.4 is 15.7 Å². The molecule has 0 spiro atoms. The van der Waals surface area contributed by atoms with E-state index in [0.29, 0.717) is 23.0 Å². The molecule has 0 aliphatic carbocycles. The highest BCUT2D eigenvalue weighted by atomic mass is 32.3. The molecule has 180 valence electrons. The number of aromatic nitrogens is 6. The van der Waals surface area contributed by atoms with Crippen molar-refractivity contribution in [2.24, 2.45) is 7.05 Å². The van der Waals surface area contributed by atoms with Gasteiger partial charge in [-0.1, -0.05) is 0 Å². The van der Waals surface area contributed by atoms with Gasteiger partial charge in [-0.05, 0) is 55.9 Å². The van der Waals surface area contributed by atoms with Crippen molar-refractivity contribution in [2.45, 2.75) is 32.2 Å². The second kappa shape index (κ2) is 8.55. The lowest BCUT2D eigenvalue weighted by Crippen LogP contribution is -2.26.